The fourth-order valence-electron chi connectivity index (χ4n) is 1.73. The molecule has 0 aliphatic rings. The molecule has 106 valence electrons. The zero-order chi connectivity index (χ0) is 14.5. The van der Waals surface area contributed by atoms with Crippen LogP contribution in [0.4, 0.5) is 5.69 Å². The highest BCUT2D eigenvalue weighted by Crippen LogP contribution is 2.21. The van der Waals surface area contributed by atoms with Crippen molar-refractivity contribution in [3.63, 3.8) is 0 Å². The van der Waals surface area contributed by atoms with E-state index in [9.17, 15) is 9.90 Å². The van der Waals surface area contributed by atoms with Crippen molar-refractivity contribution in [1.29, 1.82) is 0 Å². The number of amides is 1. The third kappa shape index (κ3) is 3.68. The first-order valence-corrected chi connectivity index (χ1v) is 6.54. The largest absolute Gasteiger partial charge is 0.445 e. The van der Waals surface area contributed by atoms with E-state index in [1.165, 1.54) is 6.26 Å². The number of oxazole rings is 1. The Kier molecular flexibility index (Phi) is 4.53. The molecule has 1 aromatic carbocycles. The summed E-state index contributed by atoms with van der Waals surface area (Å²) >= 11 is 0. The van der Waals surface area contributed by atoms with Gasteiger partial charge in [-0.15, -0.1) is 0 Å². The van der Waals surface area contributed by atoms with Crippen LogP contribution in [0.5, 0.6) is 0 Å². The third-order valence-corrected chi connectivity index (χ3v) is 2.99. The van der Waals surface area contributed by atoms with E-state index >= 15 is 0 Å². The van der Waals surface area contributed by atoms with Crippen molar-refractivity contribution in [3.05, 3.63) is 36.7 Å². The molecular weight excluding hydrogens is 256 g/mol. The minimum atomic E-state index is -0.634. The summed E-state index contributed by atoms with van der Waals surface area (Å²) in [5.74, 6) is 0.346. The number of rotatable bonds is 5. The molecule has 0 radical (unpaired) electrons. The van der Waals surface area contributed by atoms with E-state index in [-0.39, 0.29) is 18.2 Å². The van der Waals surface area contributed by atoms with E-state index < -0.39 is 6.10 Å². The maximum Gasteiger partial charge on any atom is 0.226 e. The van der Waals surface area contributed by atoms with Crippen LogP contribution in [0.1, 0.15) is 20.3 Å². The highest BCUT2D eigenvalue weighted by molar-refractivity contribution is 5.91. The number of nitrogens with zero attached hydrogens (tertiary/aromatic N) is 1. The van der Waals surface area contributed by atoms with Crippen LogP contribution < -0.4 is 5.32 Å². The number of benzene rings is 1. The number of carbonyl (C=O) groups is 1. The molecule has 0 bridgehead atoms. The quantitative estimate of drug-likeness (QED) is 0.879. The molecule has 0 aliphatic heterocycles. The molecule has 0 saturated heterocycles. The number of aromatic nitrogens is 1. The Balaban J connectivity index is 2.03. The van der Waals surface area contributed by atoms with Gasteiger partial charge in [-0.3, -0.25) is 4.79 Å². The van der Waals surface area contributed by atoms with Gasteiger partial charge in [-0.2, -0.15) is 0 Å². The Bertz CT molecular complexity index is 564. The summed E-state index contributed by atoms with van der Waals surface area (Å²) in [4.78, 5) is 15.9. The van der Waals surface area contributed by atoms with Crippen LogP contribution in [0.3, 0.4) is 0 Å². The monoisotopic (exact) mass is 274 g/mol. The Morgan fingerprint density at radius 3 is 2.90 bits per heavy atom. The summed E-state index contributed by atoms with van der Waals surface area (Å²) in [7, 11) is 0. The molecule has 20 heavy (non-hydrogen) atoms. The molecule has 0 fully saturated rings. The average Bonchev–Trinajstić information content (AvgIpc) is 2.92. The van der Waals surface area contributed by atoms with E-state index in [0.717, 1.165) is 5.56 Å². The highest BCUT2D eigenvalue weighted by Gasteiger charge is 2.14. The number of hydrogen-bond donors (Lipinski definition) is 2. The van der Waals surface area contributed by atoms with Gasteiger partial charge in [0.25, 0.3) is 0 Å². The van der Waals surface area contributed by atoms with Crippen molar-refractivity contribution in [2.75, 3.05) is 5.32 Å². The Morgan fingerprint density at radius 1 is 1.45 bits per heavy atom. The number of carbonyl (C=O) groups excluding carboxylic acids is 1. The van der Waals surface area contributed by atoms with Crippen LogP contribution in [0.15, 0.2) is 41.1 Å². The third-order valence-electron chi connectivity index (χ3n) is 2.99. The zero-order valence-corrected chi connectivity index (χ0v) is 11.5. The van der Waals surface area contributed by atoms with Gasteiger partial charge in [-0.25, -0.2) is 4.98 Å². The molecule has 1 atom stereocenters. The van der Waals surface area contributed by atoms with Crippen molar-refractivity contribution in [2.45, 2.75) is 26.4 Å². The SMILES string of the molecule is CC(C)C(O)CC(=O)Nc1cccc(-c2ncco2)c1. The standard InChI is InChI=1S/C15H18N2O3/c1-10(2)13(18)9-14(19)17-12-5-3-4-11(8-12)15-16-6-7-20-15/h3-8,10,13,18H,9H2,1-2H3,(H,17,19). The zero-order valence-electron chi connectivity index (χ0n) is 11.5. The van der Waals surface area contributed by atoms with Crippen LogP contribution >= 0.6 is 0 Å². The van der Waals surface area contributed by atoms with Crippen LogP contribution in [-0.2, 0) is 4.79 Å². The molecule has 1 unspecified atom stereocenters. The van der Waals surface area contributed by atoms with Gasteiger partial charge >= 0.3 is 0 Å². The van der Waals surface area contributed by atoms with Crippen LogP contribution in [0, 0.1) is 5.92 Å². The second-order valence-corrected chi connectivity index (χ2v) is 4.98. The normalized spacial score (nSPS) is 12.4. The van der Waals surface area contributed by atoms with Gasteiger partial charge in [0.1, 0.15) is 6.26 Å². The van der Waals surface area contributed by atoms with Gasteiger partial charge in [0.15, 0.2) is 0 Å². The summed E-state index contributed by atoms with van der Waals surface area (Å²) < 4.78 is 5.21. The highest BCUT2D eigenvalue weighted by atomic mass is 16.3. The Labute approximate surface area is 117 Å². The number of aliphatic hydroxyl groups is 1. The molecule has 1 heterocycles. The smallest absolute Gasteiger partial charge is 0.226 e. The lowest BCUT2D eigenvalue weighted by Gasteiger charge is -2.14. The molecular formula is C15H18N2O3. The lowest BCUT2D eigenvalue weighted by atomic mass is 10.0. The molecule has 0 aliphatic carbocycles. The van der Waals surface area contributed by atoms with Crippen LogP contribution in [-0.4, -0.2) is 22.1 Å². The first kappa shape index (κ1) is 14.3. The van der Waals surface area contributed by atoms with E-state index in [0.29, 0.717) is 11.6 Å². The summed E-state index contributed by atoms with van der Waals surface area (Å²) in [6, 6.07) is 7.23. The molecule has 0 spiro atoms. The molecule has 0 saturated carbocycles. The maximum absolute atomic E-state index is 11.8. The van der Waals surface area contributed by atoms with Crippen molar-refractivity contribution in [1.82, 2.24) is 4.98 Å². The lowest BCUT2D eigenvalue weighted by molar-refractivity contribution is -0.118. The molecule has 1 aromatic heterocycles. The topological polar surface area (TPSA) is 75.4 Å². The fourth-order valence-corrected chi connectivity index (χ4v) is 1.73. The molecule has 5 nitrogen and oxygen atoms in total. The molecule has 2 N–H and O–H groups in total. The number of hydrogen-bond acceptors (Lipinski definition) is 4. The summed E-state index contributed by atoms with van der Waals surface area (Å²) in [5.41, 5.74) is 1.44. The van der Waals surface area contributed by atoms with Gasteiger partial charge < -0.3 is 14.8 Å². The predicted octanol–water partition coefficient (Wildman–Crippen LogP) is 2.69. The summed E-state index contributed by atoms with van der Waals surface area (Å²) in [6.45, 7) is 3.75. The first-order chi connectivity index (χ1) is 9.56. The van der Waals surface area contributed by atoms with Crippen LogP contribution in [0.25, 0.3) is 11.5 Å². The number of nitrogens with one attached hydrogen (secondary N) is 1. The predicted molar refractivity (Wildman–Crippen MR) is 76.0 cm³/mol. The van der Waals surface area contributed by atoms with Crippen molar-refractivity contribution in [3.8, 4) is 11.5 Å². The van der Waals surface area contributed by atoms with Crippen molar-refractivity contribution < 1.29 is 14.3 Å². The lowest BCUT2D eigenvalue weighted by Crippen LogP contribution is -2.23. The second kappa shape index (κ2) is 6.34. The van der Waals surface area contributed by atoms with E-state index in [1.54, 1.807) is 18.3 Å². The Morgan fingerprint density at radius 2 is 2.25 bits per heavy atom. The van der Waals surface area contributed by atoms with E-state index in [1.807, 2.05) is 26.0 Å². The second-order valence-electron chi connectivity index (χ2n) is 4.98. The van der Waals surface area contributed by atoms with Crippen LogP contribution in [0.2, 0.25) is 0 Å². The molecule has 2 aromatic rings. The first-order valence-electron chi connectivity index (χ1n) is 6.54. The molecule has 1 amide bonds. The minimum Gasteiger partial charge on any atom is -0.445 e. The summed E-state index contributed by atoms with van der Waals surface area (Å²) in [6.07, 6.45) is 2.52. The fraction of sp³-hybridized carbons (Fsp3) is 0.333. The van der Waals surface area contributed by atoms with Gasteiger partial charge in [0, 0.05) is 11.3 Å². The maximum atomic E-state index is 11.8. The van der Waals surface area contributed by atoms with Crippen molar-refractivity contribution in [2.24, 2.45) is 5.92 Å². The molecule has 2 rings (SSSR count). The van der Waals surface area contributed by atoms with Crippen molar-refractivity contribution >= 4 is 11.6 Å². The van der Waals surface area contributed by atoms with E-state index in [4.69, 9.17) is 4.42 Å². The van der Waals surface area contributed by atoms with Gasteiger partial charge in [-0.1, -0.05) is 19.9 Å². The van der Waals surface area contributed by atoms with E-state index in [2.05, 4.69) is 10.3 Å². The minimum absolute atomic E-state index is 0.0550. The summed E-state index contributed by atoms with van der Waals surface area (Å²) in [5, 5.41) is 12.5. The Hall–Kier alpha value is -2.14. The number of anilines is 1. The van der Waals surface area contributed by atoms with Gasteiger partial charge in [-0.05, 0) is 24.1 Å². The molecule has 5 heteroatoms. The van der Waals surface area contributed by atoms with Gasteiger partial charge in [0.05, 0.1) is 18.7 Å². The van der Waals surface area contributed by atoms with Gasteiger partial charge in [0.2, 0.25) is 11.8 Å². The average molecular weight is 274 g/mol. The number of aliphatic hydroxyl groups excluding tert-OH is 1.